The van der Waals surface area contributed by atoms with Crippen LogP contribution in [0.25, 0.3) is 0 Å². The lowest BCUT2D eigenvalue weighted by atomic mass is 9.88. The fraction of sp³-hybridized carbons (Fsp3) is 1.00. The topological polar surface area (TPSA) is 26.7 Å². The summed E-state index contributed by atoms with van der Waals surface area (Å²) in [6, 6.07) is 0.727. The van der Waals surface area contributed by atoms with E-state index in [2.05, 4.69) is 37.5 Å². The molecule has 17 heavy (non-hydrogen) atoms. The van der Waals surface area contributed by atoms with Crippen molar-refractivity contribution >= 4 is 0 Å². The summed E-state index contributed by atoms with van der Waals surface area (Å²) >= 11 is 0. The van der Waals surface area contributed by atoms with Gasteiger partial charge in [0.25, 0.3) is 0 Å². The zero-order valence-electron chi connectivity index (χ0n) is 12.1. The molecule has 2 atom stereocenters. The molecule has 0 radical (unpaired) electrons. The van der Waals surface area contributed by atoms with Gasteiger partial charge in [0.2, 0.25) is 0 Å². The molecule has 0 aromatic heterocycles. The van der Waals surface area contributed by atoms with Crippen LogP contribution < -0.4 is 0 Å². The Balaban J connectivity index is 2.45. The van der Waals surface area contributed by atoms with Crippen LogP contribution in [-0.4, -0.2) is 60.3 Å². The van der Waals surface area contributed by atoms with Crippen LogP contribution in [0, 0.1) is 5.41 Å². The second-order valence-electron chi connectivity index (χ2n) is 5.72. The van der Waals surface area contributed by atoms with E-state index >= 15 is 0 Å². The zero-order valence-corrected chi connectivity index (χ0v) is 12.1. The van der Waals surface area contributed by atoms with Gasteiger partial charge >= 0.3 is 0 Å². The van der Waals surface area contributed by atoms with Crippen molar-refractivity contribution in [2.24, 2.45) is 5.41 Å². The van der Waals surface area contributed by atoms with Crippen LogP contribution in [0.1, 0.15) is 40.5 Å². The molecule has 0 aliphatic carbocycles. The molecule has 0 amide bonds. The maximum absolute atomic E-state index is 9.48. The second-order valence-corrected chi connectivity index (χ2v) is 5.72. The summed E-state index contributed by atoms with van der Waals surface area (Å²) in [7, 11) is 0. The predicted octanol–water partition coefficient (Wildman–Crippen LogP) is 1.81. The molecule has 3 heteroatoms. The third kappa shape index (κ3) is 3.94. The summed E-state index contributed by atoms with van der Waals surface area (Å²) in [4.78, 5) is 5.09. The van der Waals surface area contributed by atoms with Gasteiger partial charge < -0.3 is 10.0 Å². The highest BCUT2D eigenvalue weighted by Crippen LogP contribution is 2.25. The van der Waals surface area contributed by atoms with Gasteiger partial charge in [-0.2, -0.15) is 0 Å². The minimum absolute atomic E-state index is 0.0815. The van der Waals surface area contributed by atoms with E-state index in [1.54, 1.807) is 0 Å². The highest BCUT2D eigenvalue weighted by molar-refractivity contribution is 4.86. The van der Waals surface area contributed by atoms with Crippen molar-refractivity contribution in [3.8, 4) is 0 Å². The number of rotatable bonds is 7. The lowest BCUT2D eigenvalue weighted by Crippen LogP contribution is -2.40. The first-order valence-electron chi connectivity index (χ1n) is 7.15. The number of likely N-dealkylation sites (N-methyl/N-ethyl adjacent to an activating group) is 1. The monoisotopic (exact) mass is 242 g/mol. The second kappa shape index (κ2) is 6.72. The predicted molar refractivity (Wildman–Crippen MR) is 73.2 cm³/mol. The molecule has 0 saturated carbocycles. The van der Waals surface area contributed by atoms with E-state index < -0.39 is 0 Å². The molecule has 1 N–H and O–H groups in total. The van der Waals surface area contributed by atoms with E-state index in [1.165, 1.54) is 19.5 Å². The Kier molecular flexibility index (Phi) is 5.90. The van der Waals surface area contributed by atoms with Crippen LogP contribution in [0.5, 0.6) is 0 Å². The zero-order chi connectivity index (χ0) is 12.9. The van der Waals surface area contributed by atoms with Gasteiger partial charge in [-0.1, -0.05) is 27.7 Å². The van der Waals surface area contributed by atoms with Crippen LogP contribution in [-0.2, 0) is 0 Å². The molecule has 0 spiro atoms. The summed E-state index contributed by atoms with van der Waals surface area (Å²) in [5.74, 6) is 0. The summed E-state index contributed by atoms with van der Waals surface area (Å²) in [6.07, 6.45) is 2.34. The highest BCUT2D eigenvalue weighted by atomic mass is 16.3. The Morgan fingerprint density at radius 2 is 1.94 bits per heavy atom. The molecule has 3 nitrogen and oxygen atoms in total. The van der Waals surface area contributed by atoms with Gasteiger partial charge in [0.1, 0.15) is 0 Å². The van der Waals surface area contributed by atoms with E-state index in [9.17, 15) is 5.11 Å². The Labute approximate surface area is 107 Å². The summed E-state index contributed by atoms with van der Waals surface area (Å²) in [5.41, 5.74) is 0.0815. The van der Waals surface area contributed by atoms with Gasteiger partial charge in [0.15, 0.2) is 0 Å². The quantitative estimate of drug-likeness (QED) is 0.737. The van der Waals surface area contributed by atoms with Crippen LogP contribution in [0.2, 0.25) is 0 Å². The van der Waals surface area contributed by atoms with E-state index in [0.29, 0.717) is 6.61 Å². The molecule has 0 aromatic carbocycles. The normalized spacial score (nSPS) is 25.4. The molecule has 1 rings (SSSR count). The van der Waals surface area contributed by atoms with Crippen LogP contribution in [0.15, 0.2) is 0 Å². The number of hydrogen-bond donors (Lipinski definition) is 1. The van der Waals surface area contributed by atoms with E-state index in [-0.39, 0.29) is 5.41 Å². The first kappa shape index (κ1) is 14.9. The van der Waals surface area contributed by atoms with Crippen molar-refractivity contribution < 1.29 is 5.11 Å². The molecular weight excluding hydrogens is 212 g/mol. The largest absolute Gasteiger partial charge is 0.396 e. The van der Waals surface area contributed by atoms with Crippen molar-refractivity contribution in [1.29, 1.82) is 0 Å². The number of aliphatic hydroxyl groups excluding tert-OH is 1. The summed E-state index contributed by atoms with van der Waals surface area (Å²) in [5, 5.41) is 9.48. The third-order valence-corrected chi connectivity index (χ3v) is 4.42. The molecule has 1 aliphatic rings. The van der Waals surface area contributed by atoms with Gasteiger partial charge in [-0.3, -0.25) is 4.90 Å². The van der Waals surface area contributed by atoms with Gasteiger partial charge in [0.05, 0.1) is 0 Å². The van der Waals surface area contributed by atoms with Crippen LogP contribution >= 0.6 is 0 Å². The van der Waals surface area contributed by atoms with E-state index in [1.807, 2.05) is 0 Å². The summed E-state index contributed by atoms with van der Waals surface area (Å²) in [6.45, 7) is 14.9. The molecule has 1 heterocycles. The molecule has 102 valence electrons. The average Bonchev–Trinajstić information content (AvgIpc) is 2.79. The molecule has 0 aromatic rings. The van der Waals surface area contributed by atoms with Gasteiger partial charge in [-0.25, -0.2) is 0 Å². The molecule has 1 saturated heterocycles. The van der Waals surface area contributed by atoms with Crippen LogP contribution in [0.4, 0.5) is 0 Å². The average molecular weight is 242 g/mol. The maximum Gasteiger partial charge on any atom is 0.0496 e. The number of aliphatic hydroxyl groups is 1. The Morgan fingerprint density at radius 3 is 2.41 bits per heavy atom. The van der Waals surface area contributed by atoms with Gasteiger partial charge in [-0.05, 0) is 32.5 Å². The third-order valence-electron chi connectivity index (χ3n) is 4.42. The van der Waals surface area contributed by atoms with Crippen molar-refractivity contribution in [2.45, 2.75) is 46.6 Å². The minimum atomic E-state index is 0.0815. The standard InChI is InChI=1S/C14H30N2O/c1-5-14(4,12-17)11-15-9-8-13(10-15)16(6-2)7-3/h13,17H,5-12H2,1-4H3. The number of hydrogen-bond acceptors (Lipinski definition) is 3. The van der Waals surface area contributed by atoms with Crippen molar-refractivity contribution in [2.75, 3.05) is 39.3 Å². The molecule has 0 bridgehead atoms. The first-order valence-corrected chi connectivity index (χ1v) is 7.15. The maximum atomic E-state index is 9.48. The SMILES string of the molecule is CCN(CC)C1CCN(CC(C)(CC)CO)C1. The fourth-order valence-corrected chi connectivity index (χ4v) is 2.81. The molecule has 1 fully saturated rings. The Morgan fingerprint density at radius 1 is 1.29 bits per heavy atom. The number of nitrogens with zero attached hydrogens (tertiary/aromatic N) is 2. The van der Waals surface area contributed by atoms with Gasteiger partial charge in [0, 0.05) is 31.2 Å². The van der Waals surface area contributed by atoms with Gasteiger partial charge in [-0.15, -0.1) is 0 Å². The van der Waals surface area contributed by atoms with Crippen molar-refractivity contribution in [1.82, 2.24) is 9.80 Å². The van der Waals surface area contributed by atoms with E-state index in [0.717, 1.165) is 32.1 Å². The minimum Gasteiger partial charge on any atom is -0.396 e. The van der Waals surface area contributed by atoms with E-state index in [4.69, 9.17) is 0 Å². The first-order chi connectivity index (χ1) is 8.08. The van der Waals surface area contributed by atoms with Crippen LogP contribution in [0.3, 0.4) is 0 Å². The highest BCUT2D eigenvalue weighted by Gasteiger charge is 2.31. The van der Waals surface area contributed by atoms with Crippen molar-refractivity contribution in [3.05, 3.63) is 0 Å². The fourth-order valence-electron chi connectivity index (χ4n) is 2.81. The summed E-state index contributed by atoms with van der Waals surface area (Å²) < 4.78 is 0. The molecule has 1 aliphatic heterocycles. The smallest absolute Gasteiger partial charge is 0.0496 e. The lowest BCUT2D eigenvalue weighted by Gasteiger charge is -2.32. The number of likely N-dealkylation sites (tertiary alicyclic amines) is 1. The molecular formula is C14H30N2O. The Bertz CT molecular complexity index is 212. The van der Waals surface area contributed by atoms with Crippen molar-refractivity contribution in [3.63, 3.8) is 0 Å². The molecule has 2 unspecified atom stereocenters. The lowest BCUT2D eigenvalue weighted by molar-refractivity contribution is 0.0905. The Hall–Kier alpha value is -0.120.